The number of allylic oxidation sites excluding steroid dienone is 3. The predicted molar refractivity (Wildman–Crippen MR) is 133 cm³/mol. The Bertz CT molecular complexity index is 943. The molecule has 33 heavy (non-hydrogen) atoms. The van der Waals surface area contributed by atoms with Crippen LogP contribution in [0.2, 0.25) is 5.02 Å². The number of hydrogen-bond acceptors (Lipinski definition) is 5. The summed E-state index contributed by atoms with van der Waals surface area (Å²) >= 11 is 6.50. The third-order valence-corrected chi connectivity index (χ3v) is 6.71. The standard InChI is InChI=1S/C27H37ClO5/c1-7-8-14-32-26-20(25(31)21(16-29)19(4)24(26)28)13-12-17(2)10-9-11-18(3)22-15-23(30)27(5,6)33-22/h11-12,16,22,31H,7-10,13-15H2,1-6H3/b17-12-,18-11-. The molecule has 1 aliphatic heterocycles. The van der Waals surface area contributed by atoms with Gasteiger partial charge >= 0.3 is 0 Å². The Morgan fingerprint density at radius 3 is 2.58 bits per heavy atom. The van der Waals surface area contributed by atoms with E-state index in [-0.39, 0.29) is 23.2 Å². The highest BCUT2D eigenvalue weighted by molar-refractivity contribution is 6.33. The lowest BCUT2D eigenvalue weighted by Gasteiger charge is -2.18. The van der Waals surface area contributed by atoms with Crippen LogP contribution in [0.15, 0.2) is 23.3 Å². The summed E-state index contributed by atoms with van der Waals surface area (Å²) in [6, 6.07) is 0. The molecule has 0 spiro atoms. The van der Waals surface area contributed by atoms with Crippen LogP contribution >= 0.6 is 11.6 Å². The van der Waals surface area contributed by atoms with Crippen LogP contribution in [0.4, 0.5) is 0 Å². The van der Waals surface area contributed by atoms with E-state index < -0.39 is 5.60 Å². The monoisotopic (exact) mass is 476 g/mol. The molecular formula is C27H37ClO5. The number of rotatable bonds is 11. The van der Waals surface area contributed by atoms with Gasteiger partial charge in [-0.15, -0.1) is 0 Å². The topological polar surface area (TPSA) is 72.8 Å². The second-order valence-corrected chi connectivity index (χ2v) is 9.69. The van der Waals surface area contributed by atoms with E-state index in [4.69, 9.17) is 21.1 Å². The Kier molecular flexibility index (Phi) is 9.74. The van der Waals surface area contributed by atoms with Gasteiger partial charge in [0.15, 0.2) is 12.1 Å². The lowest BCUT2D eigenvalue weighted by atomic mass is 9.98. The second kappa shape index (κ2) is 11.8. The third-order valence-electron chi connectivity index (χ3n) is 6.26. The molecule has 0 radical (unpaired) electrons. The molecule has 1 atom stereocenters. The van der Waals surface area contributed by atoms with Crippen LogP contribution in [-0.2, 0) is 16.0 Å². The summed E-state index contributed by atoms with van der Waals surface area (Å²) < 4.78 is 11.8. The number of Topliss-reactive ketones (excluding diaryl/α,β-unsaturated/α-hetero) is 1. The number of aldehydes is 1. The van der Waals surface area contributed by atoms with Crippen molar-refractivity contribution < 1.29 is 24.2 Å². The van der Waals surface area contributed by atoms with E-state index in [1.165, 1.54) is 0 Å². The van der Waals surface area contributed by atoms with E-state index in [1.807, 2.05) is 33.8 Å². The van der Waals surface area contributed by atoms with Gasteiger partial charge in [-0.1, -0.05) is 42.7 Å². The van der Waals surface area contributed by atoms with Crippen molar-refractivity contribution in [3.63, 3.8) is 0 Å². The number of hydrogen-bond donors (Lipinski definition) is 1. The highest BCUT2D eigenvalue weighted by Crippen LogP contribution is 2.41. The Balaban J connectivity index is 2.11. The first-order chi connectivity index (χ1) is 15.5. The van der Waals surface area contributed by atoms with Crippen LogP contribution in [0.1, 0.15) is 88.2 Å². The normalized spacial score (nSPS) is 18.6. The minimum atomic E-state index is -0.704. The Hall–Kier alpha value is -2.11. The van der Waals surface area contributed by atoms with Crippen molar-refractivity contribution in [3.05, 3.63) is 45.0 Å². The van der Waals surface area contributed by atoms with Crippen molar-refractivity contribution in [1.29, 1.82) is 0 Å². The number of phenolic OH excluding ortho intramolecular Hbond substituents is 1. The lowest BCUT2D eigenvalue weighted by Crippen LogP contribution is -2.27. The summed E-state index contributed by atoms with van der Waals surface area (Å²) in [7, 11) is 0. The molecule has 0 aliphatic carbocycles. The molecular weight excluding hydrogens is 440 g/mol. The van der Waals surface area contributed by atoms with E-state index in [0.717, 1.165) is 36.8 Å². The van der Waals surface area contributed by atoms with Gasteiger partial charge < -0.3 is 14.6 Å². The number of unbranched alkanes of at least 4 members (excludes halogenated alkanes) is 1. The van der Waals surface area contributed by atoms with E-state index in [9.17, 15) is 14.7 Å². The molecule has 6 heteroatoms. The summed E-state index contributed by atoms with van der Waals surface area (Å²) in [5, 5.41) is 11.1. The summed E-state index contributed by atoms with van der Waals surface area (Å²) in [5.41, 5.74) is 2.78. The van der Waals surface area contributed by atoms with Crippen molar-refractivity contribution >= 4 is 23.7 Å². The smallest absolute Gasteiger partial charge is 0.167 e. The van der Waals surface area contributed by atoms with Crippen LogP contribution in [0, 0.1) is 6.92 Å². The number of halogens is 1. The van der Waals surface area contributed by atoms with Crippen LogP contribution < -0.4 is 4.74 Å². The number of carbonyl (C=O) groups excluding carboxylic acids is 2. The maximum Gasteiger partial charge on any atom is 0.167 e. The Labute approximate surface area is 202 Å². The zero-order chi connectivity index (χ0) is 24.8. The summed E-state index contributed by atoms with van der Waals surface area (Å²) in [5.74, 6) is 0.527. The summed E-state index contributed by atoms with van der Waals surface area (Å²) in [4.78, 5) is 23.5. The van der Waals surface area contributed by atoms with Gasteiger partial charge in [0.1, 0.15) is 17.1 Å². The van der Waals surface area contributed by atoms with Crippen molar-refractivity contribution in [1.82, 2.24) is 0 Å². The molecule has 1 aromatic carbocycles. The second-order valence-electron chi connectivity index (χ2n) is 9.31. The van der Waals surface area contributed by atoms with Gasteiger partial charge in [-0.25, -0.2) is 0 Å². The zero-order valence-corrected chi connectivity index (χ0v) is 21.5. The molecule has 182 valence electrons. The highest BCUT2D eigenvalue weighted by Gasteiger charge is 2.40. The van der Waals surface area contributed by atoms with Crippen molar-refractivity contribution in [2.75, 3.05) is 6.61 Å². The van der Waals surface area contributed by atoms with Crippen LogP contribution in [-0.4, -0.2) is 35.5 Å². The van der Waals surface area contributed by atoms with Crippen molar-refractivity contribution in [3.8, 4) is 11.5 Å². The first kappa shape index (κ1) is 27.1. The third kappa shape index (κ3) is 6.70. The van der Waals surface area contributed by atoms with Crippen LogP contribution in [0.5, 0.6) is 11.5 Å². The molecule has 5 nitrogen and oxygen atoms in total. The van der Waals surface area contributed by atoms with Gasteiger partial charge in [0.2, 0.25) is 0 Å². The number of benzene rings is 1. The highest BCUT2D eigenvalue weighted by atomic mass is 35.5. The van der Waals surface area contributed by atoms with E-state index in [0.29, 0.717) is 47.6 Å². The molecule has 1 fully saturated rings. The fraction of sp³-hybridized carbons (Fsp3) is 0.556. The number of ether oxygens (including phenoxy) is 2. The van der Waals surface area contributed by atoms with Crippen LogP contribution in [0.3, 0.4) is 0 Å². The van der Waals surface area contributed by atoms with Crippen molar-refractivity contribution in [2.45, 2.75) is 91.8 Å². The fourth-order valence-electron chi connectivity index (χ4n) is 3.84. The van der Waals surface area contributed by atoms with E-state index in [1.54, 1.807) is 6.92 Å². The zero-order valence-electron chi connectivity index (χ0n) is 20.7. The molecule has 1 aliphatic rings. The first-order valence-electron chi connectivity index (χ1n) is 11.7. The molecule has 0 saturated carbocycles. The van der Waals surface area contributed by atoms with E-state index >= 15 is 0 Å². The van der Waals surface area contributed by atoms with Gasteiger partial charge in [0.05, 0.1) is 23.3 Å². The number of aromatic hydroxyl groups is 1. The largest absolute Gasteiger partial charge is 0.507 e. The van der Waals surface area contributed by atoms with Gasteiger partial charge in [-0.3, -0.25) is 9.59 Å². The molecule has 0 bridgehead atoms. The molecule has 1 aromatic rings. The molecule has 0 aromatic heterocycles. The molecule has 2 rings (SSSR count). The minimum Gasteiger partial charge on any atom is -0.507 e. The maximum atomic E-state index is 12.0. The summed E-state index contributed by atoms with van der Waals surface area (Å²) in [6.45, 7) is 12.0. The minimum absolute atomic E-state index is 0.0659. The fourth-order valence-corrected chi connectivity index (χ4v) is 4.11. The Morgan fingerprint density at radius 1 is 1.30 bits per heavy atom. The molecule has 1 heterocycles. The molecule has 1 saturated heterocycles. The van der Waals surface area contributed by atoms with Gasteiger partial charge in [0, 0.05) is 12.0 Å². The van der Waals surface area contributed by atoms with Crippen molar-refractivity contribution in [2.24, 2.45) is 0 Å². The van der Waals surface area contributed by atoms with Gasteiger partial charge in [-0.2, -0.15) is 0 Å². The first-order valence-corrected chi connectivity index (χ1v) is 12.1. The maximum absolute atomic E-state index is 12.0. The number of carbonyl (C=O) groups is 2. The SMILES string of the molecule is CCCCOc1c(Cl)c(C)c(C=O)c(O)c1C/C=C(/C)CC/C=C(/C)C1CC(=O)C(C)(C)O1. The van der Waals surface area contributed by atoms with Gasteiger partial charge in [-0.05, 0) is 71.4 Å². The van der Waals surface area contributed by atoms with E-state index in [2.05, 4.69) is 13.0 Å². The molecule has 1 unspecified atom stereocenters. The average Bonchev–Trinajstić information content (AvgIpc) is 3.04. The predicted octanol–water partition coefficient (Wildman–Crippen LogP) is 6.70. The molecule has 0 amide bonds. The average molecular weight is 477 g/mol. The quantitative estimate of drug-likeness (QED) is 0.218. The summed E-state index contributed by atoms with van der Waals surface area (Å²) in [6.07, 6.45) is 8.99. The van der Waals surface area contributed by atoms with Crippen LogP contribution in [0.25, 0.3) is 0 Å². The number of ketones is 1. The number of phenols is 1. The molecule has 1 N–H and O–H groups in total. The van der Waals surface area contributed by atoms with Gasteiger partial charge in [0.25, 0.3) is 0 Å². The Morgan fingerprint density at radius 2 is 2.00 bits per heavy atom. The lowest BCUT2D eigenvalue weighted by molar-refractivity contribution is -0.129.